The molecule has 1 unspecified atom stereocenters. The van der Waals surface area contributed by atoms with Gasteiger partial charge in [0.1, 0.15) is 6.61 Å². The van der Waals surface area contributed by atoms with Crippen molar-refractivity contribution in [1.82, 2.24) is 5.32 Å². The molecule has 1 atom stereocenters. The highest BCUT2D eigenvalue weighted by atomic mass is 16.5. The summed E-state index contributed by atoms with van der Waals surface area (Å²) >= 11 is 0. The SMILES string of the molecule is CCCOCC(=O)NC(c1ccccc1)C(C)C. The topological polar surface area (TPSA) is 38.3 Å². The van der Waals surface area contributed by atoms with E-state index in [0.717, 1.165) is 12.0 Å². The quantitative estimate of drug-likeness (QED) is 0.755. The summed E-state index contributed by atoms with van der Waals surface area (Å²) in [4.78, 5) is 11.8. The first-order valence-corrected chi connectivity index (χ1v) is 6.57. The van der Waals surface area contributed by atoms with Crippen molar-refractivity contribution < 1.29 is 9.53 Å². The molecule has 0 spiro atoms. The highest BCUT2D eigenvalue weighted by Crippen LogP contribution is 2.20. The average molecular weight is 249 g/mol. The maximum Gasteiger partial charge on any atom is 0.246 e. The molecule has 18 heavy (non-hydrogen) atoms. The minimum atomic E-state index is -0.0500. The lowest BCUT2D eigenvalue weighted by Crippen LogP contribution is -2.34. The third-order valence-corrected chi connectivity index (χ3v) is 2.72. The van der Waals surface area contributed by atoms with Crippen LogP contribution in [0.4, 0.5) is 0 Å². The standard InChI is InChI=1S/C15H23NO2/c1-4-10-18-11-14(17)16-15(12(2)3)13-8-6-5-7-9-13/h5-9,12,15H,4,10-11H2,1-3H3,(H,16,17). The number of hydrogen-bond acceptors (Lipinski definition) is 2. The number of ether oxygens (including phenoxy) is 1. The first-order valence-electron chi connectivity index (χ1n) is 6.57. The van der Waals surface area contributed by atoms with Crippen molar-refractivity contribution in [3.8, 4) is 0 Å². The van der Waals surface area contributed by atoms with Gasteiger partial charge in [0.2, 0.25) is 5.91 Å². The highest BCUT2D eigenvalue weighted by molar-refractivity contribution is 5.77. The first-order chi connectivity index (χ1) is 8.65. The minimum absolute atomic E-state index is 0.0453. The molecular formula is C15H23NO2. The largest absolute Gasteiger partial charge is 0.372 e. The van der Waals surface area contributed by atoms with Crippen LogP contribution >= 0.6 is 0 Å². The van der Waals surface area contributed by atoms with Gasteiger partial charge in [-0.1, -0.05) is 51.1 Å². The lowest BCUT2D eigenvalue weighted by atomic mass is 9.96. The molecule has 3 nitrogen and oxygen atoms in total. The lowest BCUT2D eigenvalue weighted by Gasteiger charge is -2.22. The number of nitrogens with one attached hydrogen (secondary N) is 1. The number of carbonyl (C=O) groups excluding carboxylic acids is 1. The smallest absolute Gasteiger partial charge is 0.246 e. The summed E-state index contributed by atoms with van der Waals surface area (Å²) in [6.45, 7) is 7.00. The van der Waals surface area contributed by atoms with Gasteiger partial charge >= 0.3 is 0 Å². The Balaban J connectivity index is 2.56. The van der Waals surface area contributed by atoms with E-state index in [1.54, 1.807) is 0 Å². The molecule has 1 rings (SSSR count). The van der Waals surface area contributed by atoms with Gasteiger partial charge in [0.15, 0.2) is 0 Å². The number of hydrogen-bond donors (Lipinski definition) is 1. The fourth-order valence-electron chi connectivity index (χ4n) is 1.82. The van der Waals surface area contributed by atoms with E-state index in [2.05, 4.69) is 19.2 Å². The van der Waals surface area contributed by atoms with Crippen LogP contribution in [0, 0.1) is 5.92 Å². The number of rotatable bonds is 7. The predicted molar refractivity (Wildman–Crippen MR) is 73.3 cm³/mol. The van der Waals surface area contributed by atoms with Crippen molar-refractivity contribution in [1.29, 1.82) is 0 Å². The van der Waals surface area contributed by atoms with Gasteiger partial charge in [0.25, 0.3) is 0 Å². The van der Waals surface area contributed by atoms with E-state index in [0.29, 0.717) is 12.5 Å². The van der Waals surface area contributed by atoms with Gasteiger partial charge in [-0.3, -0.25) is 4.79 Å². The molecule has 0 aliphatic rings. The fourth-order valence-corrected chi connectivity index (χ4v) is 1.82. The molecule has 0 saturated heterocycles. The van der Waals surface area contributed by atoms with Crippen LogP contribution in [-0.4, -0.2) is 19.1 Å². The molecule has 0 aliphatic carbocycles. The summed E-state index contributed by atoms with van der Waals surface area (Å²) in [5.41, 5.74) is 1.14. The third kappa shape index (κ3) is 4.88. The molecule has 0 saturated carbocycles. The van der Waals surface area contributed by atoms with Crippen LogP contribution in [0.3, 0.4) is 0 Å². The number of amides is 1. The Kier molecular flexibility index (Phi) is 6.44. The molecule has 3 heteroatoms. The van der Waals surface area contributed by atoms with Gasteiger partial charge in [-0.05, 0) is 17.9 Å². The Morgan fingerprint density at radius 2 is 1.94 bits per heavy atom. The van der Waals surface area contributed by atoms with Crippen LogP contribution in [0.2, 0.25) is 0 Å². The molecule has 1 amide bonds. The first kappa shape index (κ1) is 14.7. The Morgan fingerprint density at radius 1 is 1.28 bits per heavy atom. The Morgan fingerprint density at radius 3 is 2.50 bits per heavy atom. The monoisotopic (exact) mass is 249 g/mol. The van der Waals surface area contributed by atoms with E-state index < -0.39 is 0 Å². The van der Waals surface area contributed by atoms with Crippen LogP contribution in [0.5, 0.6) is 0 Å². The Labute approximate surface area is 110 Å². The van der Waals surface area contributed by atoms with Gasteiger partial charge in [0, 0.05) is 6.61 Å². The second-order valence-electron chi connectivity index (χ2n) is 4.75. The van der Waals surface area contributed by atoms with Crippen LogP contribution in [0.25, 0.3) is 0 Å². The summed E-state index contributed by atoms with van der Waals surface area (Å²) in [5, 5.41) is 3.03. The van der Waals surface area contributed by atoms with Crippen molar-refractivity contribution >= 4 is 5.91 Å². The summed E-state index contributed by atoms with van der Waals surface area (Å²) in [5.74, 6) is 0.300. The van der Waals surface area contributed by atoms with Crippen LogP contribution < -0.4 is 5.32 Å². The third-order valence-electron chi connectivity index (χ3n) is 2.72. The highest BCUT2D eigenvalue weighted by Gasteiger charge is 2.17. The zero-order chi connectivity index (χ0) is 13.4. The zero-order valence-electron chi connectivity index (χ0n) is 11.5. The van der Waals surface area contributed by atoms with E-state index in [4.69, 9.17) is 4.74 Å². The fraction of sp³-hybridized carbons (Fsp3) is 0.533. The van der Waals surface area contributed by atoms with Gasteiger partial charge in [-0.2, -0.15) is 0 Å². The summed E-state index contributed by atoms with van der Waals surface area (Å²) < 4.78 is 5.25. The number of benzene rings is 1. The molecule has 0 bridgehead atoms. The molecule has 1 N–H and O–H groups in total. The molecule has 0 aromatic heterocycles. The maximum absolute atomic E-state index is 11.8. The molecular weight excluding hydrogens is 226 g/mol. The van der Waals surface area contributed by atoms with E-state index in [-0.39, 0.29) is 18.6 Å². The maximum atomic E-state index is 11.8. The molecule has 100 valence electrons. The molecule has 0 heterocycles. The van der Waals surface area contributed by atoms with Gasteiger partial charge in [0.05, 0.1) is 6.04 Å². The van der Waals surface area contributed by atoms with Crippen molar-refractivity contribution in [2.75, 3.05) is 13.2 Å². The minimum Gasteiger partial charge on any atom is -0.372 e. The summed E-state index contributed by atoms with van der Waals surface area (Å²) in [7, 11) is 0. The van der Waals surface area contributed by atoms with E-state index >= 15 is 0 Å². The van der Waals surface area contributed by atoms with Crippen molar-refractivity contribution in [3.05, 3.63) is 35.9 Å². The van der Waals surface area contributed by atoms with Crippen LogP contribution in [0.1, 0.15) is 38.8 Å². The Hall–Kier alpha value is -1.35. The normalized spacial score (nSPS) is 12.4. The molecule has 0 aliphatic heterocycles. The summed E-state index contributed by atoms with van der Waals surface area (Å²) in [6, 6.07) is 10.1. The van der Waals surface area contributed by atoms with E-state index in [9.17, 15) is 4.79 Å². The van der Waals surface area contributed by atoms with Crippen molar-refractivity contribution in [3.63, 3.8) is 0 Å². The average Bonchev–Trinajstić information content (AvgIpc) is 2.37. The lowest BCUT2D eigenvalue weighted by molar-refractivity contribution is -0.126. The predicted octanol–water partition coefficient (Wildman–Crippen LogP) is 2.93. The van der Waals surface area contributed by atoms with E-state index in [1.165, 1.54) is 0 Å². The number of carbonyl (C=O) groups is 1. The van der Waals surface area contributed by atoms with Gasteiger partial charge < -0.3 is 10.1 Å². The van der Waals surface area contributed by atoms with Gasteiger partial charge in [-0.15, -0.1) is 0 Å². The molecule has 0 radical (unpaired) electrons. The molecule has 1 aromatic rings. The van der Waals surface area contributed by atoms with Crippen LogP contribution in [0.15, 0.2) is 30.3 Å². The molecule has 0 fully saturated rings. The summed E-state index contributed by atoms with van der Waals surface area (Å²) in [6.07, 6.45) is 0.930. The Bertz CT molecular complexity index is 349. The van der Waals surface area contributed by atoms with E-state index in [1.807, 2.05) is 37.3 Å². The van der Waals surface area contributed by atoms with Crippen molar-refractivity contribution in [2.45, 2.75) is 33.2 Å². The van der Waals surface area contributed by atoms with Crippen molar-refractivity contribution in [2.24, 2.45) is 5.92 Å². The second-order valence-corrected chi connectivity index (χ2v) is 4.75. The van der Waals surface area contributed by atoms with Crippen LogP contribution in [-0.2, 0) is 9.53 Å². The zero-order valence-corrected chi connectivity index (χ0v) is 11.5. The second kappa shape index (κ2) is 7.88. The van der Waals surface area contributed by atoms with Gasteiger partial charge in [-0.25, -0.2) is 0 Å². The molecule has 1 aromatic carbocycles.